The van der Waals surface area contributed by atoms with Crippen molar-refractivity contribution in [3.05, 3.63) is 59.7 Å². The average molecular weight is 334 g/mol. The SMILES string of the molecule is CCCCC(CC)Cc1ccc2cc3ccccc3cc2c1C(=O)O. The molecule has 25 heavy (non-hydrogen) atoms. The third-order valence-corrected chi connectivity index (χ3v) is 5.24. The van der Waals surface area contributed by atoms with Gasteiger partial charge in [0.15, 0.2) is 0 Å². The first-order valence-electron chi connectivity index (χ1n) is 9.31. The Kier molecular flexibility index (Phi) is 5.37. The van der Waals surface area contributed by atoms with Gasteiger partial charge in [-0.2, -0.15) is 0 Å². The molecule has 0 saturated carbocycles. The maximum absolute atomic E-state index is 12.1. The number of hydrogen-bond donors (Lipinski definition) is 1. The highest BCUT2D eigenvalue weighted by Crippen LogP contribution is 2.30. The molecule has 0 bridgehead atoms. The molecule has 2 nitrogen and oxygen atoms in total. The second-order valence-electron chi connectivity index (χ2n) is 6.95. The zero-order chi connectivity index (χ0) is 17.8. The van der Waals surface area contributed by atoms with Crippen molar-refractivity contribution in [3.8, 4) is 0 Å². The maximum Gasteiger partial charge on any atom is 0.336 e. The Morgan fingerprint density at radius 2 is 1.72 bits per heavy atom. The summed E-state index contributed by atoms with van der Waals surface area (Å²) in [6, 6.07) is 16.4. The second kappa shape index (κ2) is 7.69. The van der Waals surface area contributed by atoms with E-state index in [-0.39, 0.29) is 0 Å². The predicted molar refractivity (Wildman–Crippen MR) is 105 cm³/mol. The van der Waals surface area contributed by atoms with Crippen LogP contribution in [0.3, 0.4) is 0 Å². The van der Waals surface area contributed by atoms with E-state index in [2.05, 4.69) is 32.0 Å². The van der Waals surface area contributed by atoms with E-state index in [0.29, 0.717) is 11.5 Å². The van der Waals surface area contributed by atoms with Gasteiger partial charge in [-0.15, -0.1) is 0 Å². The monoisotopic (exact) mass is 334 g/mol. The van der Waals surface area contributed by atoms with E-state index in [1.54, 1.807) is 0 Å². The van der Waals surface area contributed by atoms with Crippen LogP contribution >= 0.6 is 0 Å². The lowest BCUT2D eigenvalue weighted by Gasteiger charge is -2.17. The highest BCUT2D eigenvalue weighted by Gasteiger charge is 2.18. The van der Waals surface area contributed by atoms with Crippen molar-refractivity contribution in [2.45, 2.75) is 46.0 Å². The Labute approximate surface area is 149 Å². The smallest absolute Gasteiger partial charge is 0.336 e. The number of carbonyl (C=O) groups is 1. The number of aromatic carboxylic acids is 1. The molecule has 1 N–H and O–H groups in total. The van der Waals surface area contributed by atoms with Gasteiger partial charge in [-0.1, -0.05) is 75.9 Å². The molecule has 0 heterocycles. The first-order valence-corrected chi connectivity index (χ1v) is 9.31. The Morgan fingerprint density at radius 1 is 1.00 bits per heavy atom. The zero-order valence-corrected chi connectivity index (χ0v) is 15.1. The standard InChI is InChI=1S/C23H26O2/c1-3-5-8-16(4-2)13-20-12-11-19-14-17-9-6-7-10-18(17)15-21(19)22(20)23(24)25/h6-7,9-12,14-16H,3-5,8,13H2,1-2H3,(H,24,25). The highest BCUT2D eigenvalue weighted by molar-refractivity contribution is 6.09. The van der Waals surface area contributed by atoms with Crippen LogP contribution in [0.1, 0.15) is 55.5 Å². The van der Waals surface area contributed by atoms with Gasteiger partial charge in [0.1, 0.15) is 0 Å². The number of hydrogen-bond acceptors (Lipinski definition) is 1. The summed E-state index contributed by atoms with van der Waals surface area (Å²) >= 11 is 0. The van der Waals surface area contributed by atoms with Gasteiger partial charge in [-0.05, 0) is 51.6 Å². The lowest BCUT2D eigenvalue weighted by molar-refractivity contribution is 0.0697. The van der Waals surface area contributed by atoms with E-state index >= 15 is 0 Å². The van der Waals surface area contributed by atoms with Crippen molar-refractivity contribution in [3.63, 3.8) is 0 Å². The molecule has 0 amide bonds. The van der Waals surface area contributed by atoms with Gasteiger partial charge >= 0.3 is 5.97 Å². The molecule has 1 unspecified atom stereocenters. The summed E-state index contributed by atoms with van der Waals surface area (Å²) in [7, 11) is 0. The normalized spacial score (nSPS) is 12.6. The van der Waals surface area contributed by atoms with Crippen LogP contribution in [-0.2, 0) is 6.42 Å². The summed E-state index contributed by atoms with van der Waals surface area (Å²) in [6.45, 7) is 4.41. The number of carboxylic acids is 1. The number of fused-ring (bicyclic) bond motifs is 2. The van der Waals surface area contributed by atoms with E-state index < -0.39 is 5.97 Å². The minimum Gasteiger partial charge on any atom is -0.478 e. The van der Waals surface area contributed by atoms with Crippen LogP contribution in [0.25, 0.3) is 21.5 Å². The summed E-state index contributed by atoms with van der Waals surface area (Å²) in [4.78, 5) is 12.1. The molecule has 0 aromatic heterocycles. The molecule has 3 aromatic carbocycles. The van der Waals surface area contributed by atoms with Crippen molar-refractivity contribution in [2.24, 2.45) is 5.92 Å². The minimum atomic E-state index is -0.818. The van der Waals surface area contributed by atoms with E-state index in [4.69, 9.17) is 0 Å². The highest BCUT2D eigenvalue weighted by atomic mass is 16.4. The predicted octanol–water partition coefficient (Wildman–Crippen LogP) is 6.45. The third-order valence-electron chi connectivity index (χ3n) is 5.24. The van der Waals surface area contributed by atoms with Crippen LogP contribution in [0.2, 0.25) is 0 Å². The van der Waals surface area contributed by atoms with Crippen molar-refractivity contribution in [1.82, 2.24) is 0 Å². The Morgan fingerprint density at radius 3 is 2.36 bits per heavy atom. The third kappa shape index (κ3) is 3.68. The van der Waals surface area contributed by atoms with Gasteiger partial charge in [-0.3, -0.25) is 0 Å². The van der Waals surface area contributed by atoms with Gasteiger partial charge in [0.25, 0.3) is 0 Å². The summed E-state index contributed by atoms with van der Waals surface area (Å²) in [5.41, 5.74) is 1.46. The maximum atomic E-state index is 12.1. The molecule has 0 aliphatic rings. The first kappa shape index (κ1) is 17.5. The molecule has 3 rings (SSSR count). The van der Waals surface area contributed by atoms with E-state index in [1.165, 1.54) is 19.3 Å². The van der Waals surface area contributed by atoms with Crippen LogP contribution in [0, 0.1) is 5.92 Å². The molecule has 3 aromatic rings. The van der Waals surface area contributed by atoms with Crippen molar-refractivity contribution < 1.29 is 9.90 Å². The lowest BCUT2D eigenvalue weighted by Crippen LogP contribution is -2.09. The Hall–Kier alpha value is -2.35. The van der Waals surface area contributed by atoms with Crippen molar-refractivity contribution in [2.75, 3.05) is 0 Å². The van der Waals surface area contributed by atoms with E-state index in [9.17, 15) is 9.90 Å². The van der Waals surface area contributed by atoms with Crippen molar-refractivity contribution >= 4 is 27.5 Å². The number of carboxylic acid groups (broad SMARTS) is 1. The number of rotatable bonds is 7. The topological polar surface area (TPSA) is 37.3 Å². The van der Waals surface area contributed by atoms with Crippen LogP contribution in [0.4, 0.5) is 0 Å². The summed E-state index contributed by atoms with van der Waals surface area (Å²) in [6.07, 6.45) is 5.50. The van der Waals surface area contributed by atoms with Crippen LogP contribution in [0.15, 0.2) is 48.5 Å². The lowest BCUT2D eigenvalue weighted by atomic mass is 9.87. The average Bonchev–Trinajstić information content (AvgIpc) is 2.62. The van der Waals surface area contributed by atoms with E-state index in [1.807, 2.05) is 30.3 Å². The molecular formula is C23H26O2. The van der Waals surface area contributed by atoms with Gasteiger partial charge in [0.2, 0.25) is 0 Å². The van der Waals surface area contributed by atoms with E-state index in [0.717, 1.165) is 39.9 Å². The van der Waals surface area contributed by atoms with Gasteiger partial charge < -0.3 is 5.11 Å². The van der Waals surface area contributed by atoms with Crippen molar-refractivity contribution in [1.29, 1.82) is 0 Å². The summed E-state index contributed by atoms with van der Waals surface area (Å²) in [5.74, 6) is -0.266. The van der Waals surface area contributed by atoms with Gasteiger partial charge in [0.05, 0.1) is 5.56 Å². The molecule has 0 fully saturated rings. The largest absolute Gasteiger partial charge is 0.478 e. The molecule has 0 saturated heterocycles. The quantitative estimate of drug-likeness (QED) is 0.504. The van der Waals surface area contributed by atoms with Gasteiger partial charge in [-0.25, -0.2) is 4.79 Å². The molecule has 2 heteroatoms. The molecule has 0 aliphatic carbocycles. The molecule has 0 radical (unpaired) electrons. The molecule has 1 atom stereocenters. The first-order chi connectivity index (χ1) is 12.1. The van der Waals surface area contributed by atoms with Crippen LogP contribution in [-0.4, -0.2) is 11.1 Å². The minimum absolute atomic E-state index is 0.484. The molecule has 0 aliphatic heterocycles. The summed E-state index contributed by atoms with van der Waals surface area (Å²) in [5, 5.41) is 14.0. The fourth-order valence-corrected chi connectivity index (χ4v) is 3.74. The van der Waals surface area contributed by atoms with Gasteiger partial charge in [0, 0.05) is 0 Å². The zero-order valence-electron chi connectivity index (χ0n) is 15.1. The Balaban J connectivity index is 2.10. The second-order valence-corrected chi connectivity index (χ2v) is 6.95. The number of unbranched alkanes of at least 4 members (excludes halogenated alkanes) is 1. The molecule has 0 spiro atoms. The molecule has 130 valence electrons. The van der Waals surface area contributed by atoms with Crippen LogP contribution in [0.5, 0.6) is 0 Å². The number of benzene rings is 3. The fraction of sp³-hybridized carbons (Fsp3) is 0.348. The molecular weight excluding hydrogens is 308 g/mol. The fourth-order valence-electron chi connectivity index (χ4n) is 3.74. The summed E-state index contributed by atoms with van der Waals surface area (Å²) < 4.78 is 0. The Bertz CT molecular complexity index is 895. The van der Waals surface area contributed by atoms with Crippen LogP contribution < -0.4 is 0 Å².